The number of carbonyl (C=O) groups excluding carboxylic acids is 1. The average molecular weight is 224 g/mol. The highest BCUT2D eigenvalue weighted by atomic mass is 16.5. The Bertz CT molecular complexity index is 281. The van der Waals surface area contributed by atoms with E-state index in [2.05, 4.69) is 5.32 Å². The molecule has 0 radical (unpaired) electrons. The molecule has 16 heavy (non-hydrogen) atoms. The van der Waals surface area contributed by atoms with Crippen LogP contribution in [0.4, 0.5) is 0 Å². The van der Waals surface area contributed by atoms with E-state index in [1.807, 2.05) is 4.90 Å². The molecule has 4 heteroatoms. The number of nitrogens with one attached hydrogen (secondary N) is 1. The van der Waals surface area contributed by atoms with Gasteiger partial charge in [0.2, 0.25) is 0 Å². The fraction of sp³-hybridized carbons (Fsp3) is 0.917. The van der Waals surface area contributed by atoms with E-state index in [1.165, 1.54) is 12.8 Å². The summed E-state index contributed by atoms with van der Waals surface area (Å²) >= 11 is 0. The SMILES string of the molecule is O=C([C@H]1CCCO1)N1CCC2(CCNC2)C1. The highest BCUT2D eigenvalue weighted by Gasteiger charge is 2.43. The van der Waals surface area contributed by atoms with Crippen LogP contribution in [0.3, 0.4) is 0 Å². The Labute approximate surface area is 96.3 Å². The van der Waals surface area contributed by atoms with Crippen LogP contribution in [0.2, 0.25) is 0 Å². The van der Waals surface area contributed by atoms with E-state index in [0.717, 1.165) is 45.6 Å². The molecule has 1 unspecified atom stereocenters. The molecule has 0 aromatic carbocycles. The van der Waals surface area contributed by atoms with Crippen LogP contribution in [0, 0.1) is 5.41 Å². The first-order valence-electron chi connectivity index (χ1n) is 6.40. The minimum atomic E-state index is -0.135. The van der Waals surface area contributed by atoms with E-state index in [-0.39, 0.29) is 12.0 Å². The van der Waals surface area contributed by atoms with Crippen LogP contribution in [0.25, 0.3) is 0 Å². The van der Waals surface area contributed by atoms with Crippen LogP contribution in [-0.4, -0.2) is 49.7 Å². The predicted molar refractivity (Wildman–Crippen MR) is 60.1 cm³/mol. The van der Waals surface area contributed by atoms with E-state index in [0.29, 0.717) is 5.41 Å². The second-order valence-corrected chi connectivity index (χ2v) is 5.44. The third-order valence-electron chi connectivity index (χ3n) is 4.29. The Balaban J connectivity index is 1.62. The molecule has 3 rings (SSSR count). The Morgan fingerprint density at radius 1 is 1.44 bits per heavy atom. The van der Waals surface area contributed by atoms with Crippen LogP contribution >= 0.6 is 0 Å². The van der Waals surface area contributed by atoms with Gasteiger partial charge >= 0.3 is 0 Å². The Morgan fingerprint density at radius 2 is 2.38 bits per heavy atom. The molecular formula is C12H20N2O2. The Hall–Kier alpha value is -0.610. The van der Waals surface area contributed by atoms with Crippen LogP contribution in [0.15, 0.2) is 0 Å². The summed E-state index contributed by atoms with van der Waals surface area (Å²) in [6, 6.07) is 0. The van der Waals surface area contributed by atoms with Gasteiger partial charge in [0, 0.05) is 31.7 Å². The minimum Gasteiger partial charge on any atom is -0.368 e. The summed E-state index contributed by atoms with van der Waals surface area (Å²) in [7, 11) is 0. The van der Waals surface area contributed by atoms with Crippen LogP contribution in [0.5, 0.6) is 0 Å². The highest BCUT2D eigenvalue weighted by molar-refractivity contribution is 5.81. The summed E-state index contributed by atoms with van der Waals surface area (Å²) in [4.78, 5) is 14.2. The van der Waals surface area contributed by atoms with Gasteiger partial charge in [-0.3, -0.25) is 4.79 Å². The van der Waals surface area contributed by atoms with Crippen molar-refractivity contribution >= 4 is 5.91 Å². The summed E-state index contributed by atoms with van der Waals surface area (Å²) in [5.41, 5.74) is 0.383. The zero-order chi connectivity index (χ0) is 11.0. The zero-order valence-corrected chi connectivity index (χ0v) is 9.71. The number of rotatable bonds is 1. The maximum atomic E-state index is 12.2. The maximum absolute atomic E-state index is 12.2. The summed E-state index contributed by atoms with van der Waals surface area (Å²) in [6.45, 7) is 4.83. The fourth-order valence-corrected chi connectivity index (χ4v) is 3.24. The van der Waals surface area contributed by atoms with Gasteiger partial charge in [-0.25, -0.2) is 0 Å². The van der Waals surface area contributed by atoms with Crippen molar-refractivity contribution in [3.63, 3.8) is 0 Å². The van der Waals surface area contributed by atoms with Crippen LogP contribution in [0.1, 0.15) is 25.7 Å². The van der Waals surface area contributed by atoms with Gasteiger partial charge in [-0.15, -0.1) is 0 Å². The van der Waals surface area contributed by atoms with Gasteiger partial charge in [-0.1, -0.05) is 0 Å². The largest absolute Gasteiger partial charge is 0.368 e. The summed E-state index contributed by atoms with van der Waals surface area (Å²) in [5.74, 6) is 0.237. The smallest absolute Gasteiger partial charge is 0.251 e. The van der Waals surface area contributed by atoms with E-state index in [9.17, 15) is 4.79 Å². The number of ether oxygens (including phenoxy) is 1. The average Bonchev–Trinajstić information content (AvgIpc) is 3.01. The summed E-state index contributed by atoms with van der Waals surface area (Å²) in [5, 5.41) is 3.41. The molecule has 3 aliphatic heterocycles. The number of amides is 1. The van der Waals surface area contributed by atoms with Gasteiger partial charge in [0.15, 0.2) is 0 Å². The van der Waals surface area contributed by atoms with Crippen molar-refractivity contribution in [1.82, 2.24) is 10.2 Å². The van der Waals surface area contributed by atoms with Gasteiger partial charge < -0.3 is 15.0 Å². The summed E-state index contributed by atoms with van der Waals surface area (Å²) in [6.07, 6.45) is 4.21. The second kappa shape index (κ2) is 4.00. The molecule has 1 amide bonds. The van der Waals surface area contributed by atoms with Crippen LogP contribution < -0.4 is 5.32 Å². The fourth-order valence-electron chi connectivity index (χ4n) is 3.24. The Kier molecular flexibility index (Phi) is 2.64. The lowest BCUT2D eigenvalue weighted by Crippen LogP contribution is -2.39. The third-order valence-corrected chi connectivity index (χ3v) is 4.29. The monoisotopic (exact) mass is 224 g/mol. The maximum Gasteiger partial charge on any atom is 0.251 e. The Morgan fingerprint density at radius 3 is 3.06 bits per heavy atom. The number of carbonyl (C=O) groups is 1. The topological polar surface area (TPSA) is 41.6 Å². The van der Waals surface area contributed by atoms with E-state index >= 15 is 0 Å². The normalized spacial score (nSPS) is 38.8. The molecule has 1 N–H and O–H groups in total. The molecule has 0 saturated carbocycles. The molecule has 90 valence electrons. The second-order valence-electron chi connectivity index (χ2n) is 5.44. The predicted octanol–water partition coefficient (Wildman–Crippen LogP) is 0.377. The van der Waals surface area contributed by atoms with Gasteiger partial charge in [-0.2, -0.15) is 0 Å². The lowest BCUT2D eigenvalue weighted by molar-refractivity contribution is -0.140. The third kappa shape index (κ3) is 1.74. The molecular weight excluding hydrogens is 204 g/mol. The number of likely N-dealkylation sites (tertiary alicyclic amines) is 1. The van der Waals surface area contributed by atoms with Gasteiger partial charge in [0.25, 0.3) is 5.91 Å². The minimum absolute atomic E-state index is 0.135. The van der Waals surface area contributed by atoms with Gasteiger partial charge in [0.05, 0.1) is 0 Å². The first-order chi connectivity index (χ1) is 7.79. The van der Waals surface area contributed by atoms with Crippen molar-refractivity contribution < 1.29 is 9.53 Å². The molecule has 3 fully saturated rings. The van der Waals surface area contributed by atoms with E-state index < -0.39 is 0 Å². The lowest BCUT2D eigenvalue weighted by Gasteiger charge is -2.24. The van der Waals surface area contributed by atoms with Crippen molar-refractivity contribution in [2.45, 2.75) is 31.8 Å². The van der Waals surface area contributed by atoms with Crippen molar-refractivity contribution in [1.29, 1.82) is 0 Å². The molecule has 0 aromatic rings. The number of hydrogen-bond acceptors (Lipinski definition) is 3. The molecule has 0 aromatic heterocycles. The lowest BCUT2D eigenvalue weighted by atomic mass is 9.86. The standard InChI is InChI=1S/C12H20N2O2/c15-11(10-2-1-7-16-10)14-6-4-12(9-14)3-5-13-8-12/h10,13H,1-9H2/t10-,12?/m1/s1. The molecule has 3 aliphatic rings. The number of nitrogens with zero attached hydrogens (tertiary/aromatic N) is 1. The molecule has 4 nitrogen and oxygen atoms in total. The first kappa shape index (κ1) is 10.5. The van der Waals surface area contributed by atoms with Gasteiger partial charge in [0.1, 0.15) is 6.10 Å². The number of hydrogen-bond donors (Lipinski definition) is 1. The van der Waals surface area contributed by atoms with Crippen molar-refractivity contribution in [3.05, 3.63) is 0 Å². The van der Waals surface area contributed by atoms with Crippen molar-refractivity contribution in [2.24, 2.45) is 5.41 Å². The molecule has 1 spiro atoms. The molecule has 3 heterocycles. The quantitative estimate of drug-likeness (QED) is 0.700. The zero-order valence-electron chi connectivity index (χ0n) is 9.71. The molecule has 0 aliphatic carbocycles. The summed E-state index contributed by atoms with van der Waals surface area (Å²) < 4.78 is 5.47. The van der Waals surface area contributed by atoms with Gasteiger partial charge in [-0.05, 0) is 32.2 Å². The van der Waals surface area contributed by atoms with Crippen molar-refractivity contribution in [2.75, 3.05) is 32.8 Å². The molecule has 2 atom stereocenters. The van der Waals surface area contributed by atoms with Crippen LogP contribution in [-0.2, 0) is 9.53 Å². The molecule has 0 bridgehead atoms. The highest BCUT2D eigenvalue weighted by Crippen LogP contribution is 2.36. The molecule has 3 saturated heterocycles. The van der Waals surface area contributed by atoms with Crippen molar-refractivity contribution in [3.8, 4) is 0 Å². The first-order valence-corrected chi connectivity index (χ1v) is 6.40. The van der Waals surface area contributed by atoms with E-state index in [4.69, 9.17) is 4.74 Å². The van der Waals surface area contributed by atoms with E-state index in [1.54, 1.807) is 0 Å².